The van der Waals surface area contributed by atoms with Gasteiger partial charge in [-0.25, -0.2) is 0 Å². The summed E-state index contributed by atoms with van der Waals surface area (Å²) in [7, 11) is 3.94. The molecule has 3 atom stereocenters. The zero-order chi connectivity index (χ0) is 14.8. The molecule has 20 heavy (non-hydrogen) atoms. The Morgan fingerprint density at radius 2 is 1.90 bits per heavy atom. The normalized spacial score (nSPS) is 28.4. The van der Waals surface area contributed by atoms with Gasteiger partial charge >= 0.3 is 0 Å². The first kappa shape index (κ1) is 15.5. The fraction of sp³-hybridized carbons (Fsp3) is 0.667. The molecule has 1 aliphatic rings. The Hall–Kier alpha value is -0.860. The largest absolute Gasteiger partial charge is 0.376 e. The lowest BCUT2D eigenvalue weighted by Gasteiger charge is -2.45. The highest BCUT2D eigenvalue weighted by Crippen LogP contribution is 2.43. The van der Waals surface area contributed by atoms with Crippen molar-refractivity contribution in [2.45, 2.75) is 58.1 Å². The number of benzene rings is 1. The van der Waals surface area contributed by atoms with E-state index in [-0.39, 0.29) is 11.6 Å². The number of methoxy groups -OCH3 is 1. The molecule has 1 N–H and O–H groups in total. The standard InChI is InChI=1S/C18H29NO/c1-13-7-6-8-18(12-13,20-5)17(19-4)16-10-14(2)9-15(3)11-16/h9-11,13,17,19H,6-8,12H2,1-5H3. The summed E-state index contributed by atoms with van der Waals surface area (Å²) < 4.78 is 6.07. The minimum Gasteiger partial charge on any atom is -0.376 e. The van der Waals surface area contributed by atoms with Crippen LogP contribution in [-0.4, -0.2) is 19.8 Å². The second-order valence-electron chi connectivity index (χ2n) is 6.61. The molecule has 2 heteroatoms. The van der Waals surface area contributed by atoms with Crippen LogP contribution in [-0.2, 0) is 4.74 Å². The topological polar surface area (TPSA) is 21.3 Å². The maximum Gasteiger partial charge on any atom is 0.0874 e. The molecule has 2 nitrogen and oxygen atoms in total. The Kier molecular flexibility index (Phi) is 4.87. The molecule has 3 unspecified atom stereocenters. The van der Waals surface area contributed by atoms with Crippen LogP contribution in [0.4, 0.5) is 0 Å². The Labute approximate surface area is 123 Å². The van der Waals surface area contributed by atoms with Crippen LogP contribution in [0.3, 0.4) is 0 Å². The van der Waals surface area contributed by atoms with E-state index in [2.05, 4.69) is 51.3 Å². The molecule has 1 saturated carbocycles. The van der Waals surface area contributed by atoms with Gasteiger partial charge in [0.2, 0.25) is 0 Å². The number of rotatable bonds is 4. The van der Waals surface area contributed by atoms with Gasteiger partial charge in [0.25, 0.3) is 0 Å². The monoisotopic (exact) mass is 275 g/mol. The number of hydrogen-bond acceptors (Lipinski definition) is 2. The fourth-order valence-electron chi connectivity index (χ4n) is 4.02. The summed E-state index contributed by atoms with van der Waals surface area (Å²) in [5, 5.41) is 3.53. The van der Waals surface area contributed by atoms with E-state index in [1.807, 2.05) is 7.11 Å². The predicted octanol–water partition coefficient (Wildman–Crippen LogP) is 4.16. The van der Waals surface area contributed by atoms with Crippen molar-refractivity contribution in [3.63, 3.8) is 0 Å². The molecule has 1 aromatic carbocycles. The Bertz CT molecular complexity index is 436. The molecular weight excluding hydrogens is 246 g/mol. The summed E-state index contributed by atoms with van der Waals surface area (Å²) in [6, 6.07) is 7.11. The molecule has 0 amide bonds. The summed E-state index contributed by atoms with van der Waals surface area (Å²) in [5.41, 5.74) is 3.96. The van der Waals surface area contributed by atoms with Gasteiger partial charge in [0.05, 0.1) is 11.6 Å². The molecule has 0 bridgehead atoms. The van der Waals surface area contributed by atoms with Crippen LogP contribution < -0.4 is 5.32 Å². The van der Waals surface area contributed by atoms with Crippen LogP contribution in [0.2, 0.25) is 0 Å². The van der Waals surface area contributed by atoms with Crippen LogP contribution in [0.1, 0.15) is 55.3 Å². The number of ether oxygens (including phenoxy) is 1. The highest BCUT2D eigenvalue weighted by atomic mass is 16.5. The molecule has 1 aromatic rings. The zero-order valence-electron chi connectivity index (χ0n) is 13.6. The van der Waals surface area contributed by atoms with Gasteiger partial charge in [0, 0.05) is 7.11 Å². The second-order valence-corrected chi connectivity index (χ2v) is 6.61. The van der Waals surface area contributed by atoms with Crippen molar-refractivity contribution in [1.82, 2.24) is 5.32 Å². The maximum absolute atomic E-state index is 6.07. The van der Waals surface area contributed by atoms with Crippen LogP contribution in [0.5, 0.6) is 0 Å². The minimum atomic E-state index is -0.0628. The summed E-state index contributed by atoms with van der Waals surface area (Å²) in [6.45, 7) is 6.69. The smallest absolute Gasteiger partial charge is 0.0874 e. The molecule has 0 aliphatic heterocycles. The van der Waals surface area contributed by atoms with Crippen molar-refractivity contribution in [2.24, 2.45) is 5.92 Å². The van der Waals surface area contributed by atoms with E-state index >= 15 is 0 Å². The predicted molar refractivity (Wildman–Crippen MR) is 85.1 cm³/mol. The lowest BCUT2D eigenvalue weighted by atomic mass is 9.72. The van der Waals surface area contributed by atoms with Gasteiger partial charge in [-0.1, -0.05) is 49.1 Å². The van der Waals surface area contributed by atoms with Crippen molar-refractivity contribution >= 4 is 0 Å². The van der Waals surface area contributed by atoms with E-state index in [1.54, 1.807) is 0 Å². The Morgan fingerprint density at radius 1 is 1.25 bits per heavy atom. The van der Waals surface area contributed by atoms with Crippen molar-refractivity contribution in [2.75, 3.05) is 14.2 Å². The Morgan fingerprint density at radius 3 is 2.40 bits per heavy atom. The van der Waals surface area contributed by atoms with Crippen LogP contribution >= 0.6 is 0 Å². The first-order valence-electron chi connectivity index (χ1n) is 7.81. The van der Waals surface area contributed by atoms with Crippen molar-refractivity contribution in [1.29, 1.82) is 0 Å². The van der Waals surface area contributed by atoms with Gasteiger partial charge < -0.3 is 10.1 Å². The summed E-state index contributed by atoms with van der Waals surface area (Å²) >= 11 is 0. The van der Waals surface area contributed by atoms with Crippen LogP contribution in [0.25, 0.3) is 0 Å². The lowest BCUT2D eigenvalue weighted by molar-refractivity contribution is -0.0790. The van der Waals surface area contributed by atoms with E-state index in [9.17, 15) is 0 Å². The quantitative estimate of drug-likeness (QED) is 0.891. The minimum absolute atomic E-state index is 0.0628. The average molecular weight is 275 g/mol. The molecule has 0 spiro atoms. The summed E-state index contributed by atoms with van der Waals surface area (Å²) in [6.07, 6.45) is 4.88. The van der Waals surface area contributed by atoms with Gasteiger partial charge in [0.1, 0.15) is 0 Å². The van der Waals surface area contributed by atoms with Crippen LogP contribution in [0, 0.1) is 19.8 Å². The third-order valence-electron chi connectivity index (χ3n) is 4.79. The van der Waals surface area contributed by atoms with Gasteiger partial charge in [-0.3, -0.25) is 0 Å². The van der Waals surface area contributed by atoms with E-state index in [1.165, 1.54) is 29.5 Å². The molecule has 1 aliphatic carbocycles. The van der Waals surface area contributed by atoms with Crippen LogP contribution in [0.15, 0.2) is 18.2 Å². The lowest BCUT2D eigenvalue weighted by Crippen LogP contribution is -2.47. The van der Waals surface area contributed by atoms with E-state index in [0.717, 1.165) is 18.8 Å². The zero-order valence-corrected chi connectivity index (χ0v) is 13.6. The molecular formula is C18H29NO. The molecule has 0 heterocycles. The average Bonchev–Trinajstić information content (AvgIpc) is 2.38. The third kappa shape index (κ3) is 3.07. The third-order valence-corrected chi connectivity index (χ3v) is 4.79. The first-order valence-corrected chi connectivity index (χ1v) is 7.81. The Balaban J connectivity index is 2.38. The molecule has 1 fully saturated rings. The van der Waals surface area contributed by atoms with Crippen molar-refractivity contribution < 1.29 is 4.74 Å². The van der Waals surface area contributed by atoms with Crippen molar-refractivity contribution in [3.05, 3.63) is 34.9 Å². The number of nitrogens with one attached hydrogen (secondary N) is 1. The highest BCUT2D eigenvalue weighted by molar-refractivity contribution is 5.32. The van der Waals surface area contributed by atoms with E-state index < -0.39 is 0 Å². The molecule has 0 saturated heterocycles. The fourth-order valence-corrected chi connectivity index (χ4v) is 4.02. The first-order chi connectivity index (χ1) is 9.50. The number of likely N-dealkylation sites (N-methyl/N-ethyl adjacent to an activating group) is 1. The van der Waals surface area contributed by atoms with E-state index in [0.29, 0.717) is 0 Å². The highest BCUT2D eigenvalue weighted by Gasteiger charge is 2.42. The van der Waals surface area contributed by atoms with Gasteiger partial charge in [-0.05, 0) is 45.2 Å². The second kappa shape index (κ2) is 6.28. The molecule has 0 radical (unpaired) electrons. The molecule has 0 aromatic heterocycles. The maximum atomic E-state index is 6.07. The molecule has 112 valence electrons. The molecule has 2 rings (SSSR count). The van der Waals surface area contributed by atoms with Crippen molar-refractivity contribution in [3.8, 4) is 0 Å². The number of aryl methyl sites for hydroxylation is 2. The summed E-state index contributed by atoms with van der Waals surface area (Å²) in [5.74, 6) is 0.741. The van der Waals surface area contributed by atoms with Gasteiger partial charge in [-0.15, -0.1) is 0 Å². The SMILES string of the molecule is CNC(c1cc(C)cc(C)c1)C1(OC)CCCC(C)C1. The number of hydrogen-bond donors (Lipinski definition) is 1. The van der Waals surface area contributed by atoms with E-state index in [4.69, 9.17) is 4.74 Å². The van der Waals surface area contributed by atoms with Gasteiger partial charge in [-0.2, -0.15) is 0 Å². The summed E-state index contributed by atoms with van der Waals surface area (Å²) in [4.78, 5) is 0. The van der Waals surface area contributed by atoms with Gasteiger partial charge in [0.15, 0.2) is 0 Å².